The first-order chi connectivity index (χ1) is 11.7. The minimum absolute atomic E-state index is 0.0397. The third-order valence-corrected chi connectivity index (χ3v) is 4.70. The predicted molar refractivity (Wildman–Crippen MR) is 95.2 cm³/mol. The van der Waals surface area contributed by atoms with Gasteiger partial charge in [-0.05, 0) is 30.7 Å². The molecular weight excluding hydrogens is 370 g/mol. The van der Waals surface area contributed by atoms with Crippen molar-refractivity contribution in [2.75, 3.05) is 18.0 Å². The van der Waals surface area contributed by atoms with E-state index in [0.717, 1.165) is 35.4 Å². The van der Waals surface area contributed by atoms with Crippen molar-refractivity contribution in [3.05, 3.63) is 58.8 Å². The van der Waals surface area contributed by atoms with Crippen LogP contribution in [0.15, 0.2) is 53.3 Å². The molecule has 2 aromatic heterocycles. The van der Waals surface area contributed by atoms with Gasteiger partial charge in [0, 0.05) is 41.4 Å². The number of carbonyl (C=O) groups excluding carboxylic acids is 1. The van der Waals surface area contributed by atoms with Crippen molar-refractivity contribution in [3.8, 4) is 0 Å². The number of hydrogen-bond acceptors (Lipinski definition) is 4. The number of benzene rings is 1. The second-order valence-electron chi connectivity index (χ2n) is 5.82. The van der Waals surface area contributed by atoms with Gasteiger partial charge < -0.3 is 10.2 Å². The molecule has 1 aliphatic rings. The molecule has 3 heterocycles. The molecule has 1 N–H and O–H groups in total. The fraction of sp³-hybridized carbons (Fsp3) is 0.235. The average molecular weight is 386 g/mol. The van der Waals surface area contributed by atoms with Crippen molar-refractivity contribution in [2.45, 2.75) is 12.5 Å². The zero-order chi connectivity index (χ0) is 16.5. The quantitative estimate of drug-likeness (QED) is 0.752. The van der Waals surface area contributed by atoms with Gasteiger partial charge in [0.05, 0.1) is 6.20 Å². The molecule has 1 atom stereocenters. The Hall–Kier alpha value is -2.41. The van der Waals surface area contributed by atoms with Crippen molar-refractivity contribution in [1.29, 1.82) is 0 Å². The highest BCUT2D eigenvalue weighted by Gasteiger charge is 2.26. The van der Waals surface area contributed by atoms with Gasteiger partial charge in [-0.2, -0.15) is 9.61 Å². The van der Waals surface area contributed by atoms with Gasteiger partial charge in [0.2, 0.25) is 0 Å². The summed E-state index contributed by atoms with van der Waals surface area (Å²) in [6.45, 7) is 1.64. The summed E-state index contributed by atoms with van der Waals surface area (Å²) in [7, 11) is 0. The SMILES string of the molecule is O=C(NC1CCN(c2ccnc3ccnn23)C1)c1cccc(Br)c1. The van der Waals surface area contributed by atoms with Gasteiger partial charge in [-0.25, -0.2) is 4.98 Å². The smallest absolute Gasteiger partial charge is 0.251 e. The monoisotopic (exact) mass is 385 g/mol. The fourth-order valence-electron chi connectivity index (χ4n) is 3.05. The van der Waals surface area contributed by atoms with Gasteiger partial charge in [0.25, 0.3) is 5.91 Å². The summed E-state index contributed by atoms with van der Waals surface area (Å²) in [4.78, 5) is 18.9. The van der Waals surface area contributed by atoms with E-state index in [1.165, 1.54) is 0 Å². The van der Waals surface area contributed by atoms with Crippen LogP contribution < -0.4 is 10.2 Å². The minimum Gasteiger partial charge on any atom is -0.354 e. The van der Waals surface area contributed by atoms with E-state index in [2.05, 4.69) is 36.2 Å². The van der Waals surface area contributed by atoms with Crippen LogP contribution in [0.4, 0.5) is 5.82 Å². The summed E-state index contributed by atoms with van der Waals surface area (Å²) in [6, 6.07) is 11.4. The Morgan fingerprint density at radius 1 is 1.25 bits per heavy atom. The Morgan fingerprint density at radius 2 is 2.17 bits per heavy atom. The molecule has 4 rings (SSSR count). The van der Waals surface area contributed by atoms with Crippen molar-refractivity contribution in [3.63, 3.8) is 0 Å². The first-order valence-electron chi connectivity index (χ1n) is 7.81. The minimum atomic E-state index is -0.0397. The van der Waals surface area contributed by atoms with Gasteiger partial charge in [-0.1, -0.05) is 22.0 Å². The molecule has 1 fully saturated rings. The molecule has 6 nitrogen and oxygen atoms in total. The number of nitrogens with one attached hydrogen (secondary N) is 1. The van der Waals surface area contributed by atoms with E-state index in [0.29, 0.717) is 5.56 Å². The molecule has 1 aliphatic heterocycles. The van der Waals surface area contributed by atoms with Gasteiger partial charge in [-0.3, -0.25) is 4.79 Å². The van der Waals surface area contributed by atoms with E-state index in [-0.39, 0.29) is 11.9 Å². The molecule has 7 heteroatoms. The lowest BCUT2D eigenvalue weighted by Crippen LogP contribution is -2.37. The summed E-state index contributed by atoms with van der Waals surface area (Å²) in [5, 5.41) is 7.44. The molecule has 1 aromatic carbocycles. The predicted octanol–water partition coefficient (Wildman–Crippen LogP) is 2.50. The lowest BCUT2D eigenvalue weighted by Gasteiger charge is -2.19. The van der Waals surface area contributed by atoms with E-state index in [1.54, 1.807) is 12.4 Å². The van der Waals surface area contributed by atoms with E-state index >= 15 is 0 Å². The third-order valence-electron chi connectivity index (χ3n) is 4.20. The normalized spacial score (nSPS) is 17.4. The maximum atomic E-state index is 12.4. The standard InChI is InChI=1S/C17H16BrN5O/c18-13-3-1-2-12(10-13)17(24)21-14-6-9-22(11-14)16-5-7-19-15-4-8-20-23(15)16/h1-5,7-8,10,14H,6,9,11H2,(H,21,24). The maximum Gasteiger partial charge on any atom is 0.251 e. The molecule has 1 saturated heterocycles. The van der Waals surface area contributed by atoms with Crippen LogP contribution in [0.2, 0.25) is 0 Å². The molecule has 0 radical (unpaired) electrons. The maximum absolute atomic E-state index is 12.4. The first kappa shape index (κ1) is 15.1. The number of hydrogen-bond donors (Lipinski definition) is 1. The van der Waals surface area contributed by atoms with Gasteiger partial charge in [0.15, 0.2) is 5.65 Å². The van der Waals surface area contributed by atoms with Crippen LogP contribution in [0.1, 0.15) is 16.8 Å². The van der Waals surface area contributed by atoms with Crippen molar-refractivity contribution in [2.24, 2.45) is 0 Å². The fourth-order valence-corrected chi connectivity index (χ4v) is 3.44. The van der Waals surface area contributed by atoms with E-state index < -0.39 is 0 Å². The lowest BCUT2D eigenvalue weighted by molar-refractivity contribution is 0.0940. The first-order valence-corrected chi connectivity index (χ1v) is 8.60. The lowest BCUT2D eigenvalue weighted by atomic mass is 10.2. The Morgan fingerprint density at radius 3 is 3.04 bits per heavy atom. The molecule has 0 spiro atoms. The zero-order valence-corrected chi connectivity index (χ0v) is 14.5. The molecule has 0 saturated carbocycles. The summed E-state index contributed by atoms with van der Waals surface area (Å²) in [5.74, 6) is 0.964. The zero-order valence-electron chi connectivity index (χ0n) is 12.9. The van der Waals surface area contributed by atoms with E-state index in [4.69, 9.17) is 0 Å². The second-order valence-corrected chi connectivity index (χ2v) is 6.74. The van der Waals surface area contributed by atoms with Gasteiger partial charge in [-0.15, -0.1) is 0 Å². The van der Waals surface area contributed by atoms with Crippen LogP contribution in [0.3, 0.4) is 0 Å². The third kappa shape index (κ3) is 2.87. The van der Waals surface area contributed by atoms with Crippen LogP contribution in [-0.2, 0) is 0 Å². The molecule has 0 aliphatic carbocycles. The Balaban J connectivity index is 1.47. The van der Waals surface area contributed by atoms with E-state index in [1.807, 2.05) is 40.9 Å². The number of nitrogens with zero attached hydrogens (tertiary/aromatic N) is 4. The number of carbonyl (C=O) groups is 1. The Kier molecular flexibility index (Phi) is 3.93. The summed E-state index contributed by atoms with van der Waals surface area (Å²) < 4.78 is 2.74. The summed E-state index contributed by atoms with van der Waals surface area (Å²) in [6.07, 6.45) is 4.44. The van der Waals surface area contributed by atoms with Crippen molar-refractivity contribution in [1.82, 2.24) is 19.9 Å². The average Bonchev–Trinajstić information content (AvgIpc) is 3.23. The van der Waals surface area contributed by atoms with Crippen LogP contribution in [0.25, 0.3) is 5.65 Å². The largest absolute Gasteiger partial charge is 0.354 e. The molecule has 24 heavy (non-hydrogen) atoms. The number of rotatable bonds is 3. The highest BCUT2D eigenvalue weighted by molar-refractivity contribution is 9.10. The van der Waals surface area contributed by atoms with Gasteiger partial charge in [0.1, 0.15) is 5.82 Å². The second kappa shape index (κ2) is 6.24. The van der Waals surface area contributed by atoms with Crippen LogP contribution in [-0.4, -0.2) is 39.6 Å². The molecule has 3 aromatic rings. The Bertz CT molecular complexity index is 893. The number of halogens is 1. The van der Waals surface area contributed by atoms with Crippen LogP contribution in [0.5, 0.6) is 0 Å². The topological polar surface area (TPSA) is 62.5 Å². The van der Waals surface area contributed by atoms with Crippen LogP contribution in [0, 0.1) is 0 Å². The van der Waals surface area contributed by atoms with Gasteiger partial charge >= 0.3 is 0 Å². The molecular formula is C17H16BrN5O. The highest BCUT2D eigenvalue weighted by atomic mass is 79.9. The summed E-state index contributed by atoms with van der Waals surface area (Å²) in [5.41, 5.74) is 1.50. The molecule has 1 unspecified atom stereocenters. The summed E-state index contributed by atoms with van der Waals surface area (Å²) >= 11 is 3.40. The Labute approximate surface area is 147 Å². The number of fused-ring (bicyclic) bond motifs is 1. The van der Waals surface area contributed by atoms with Crippen LogP contribution >= 0.6 is 15.9 Å². The number of anilines is 1. The molecule has 1 amide bonds. The van der Waals surface area contributed by atoms with Crippen molar-refractivity contribution < 1.29 is 4.79 Å². The molecule has 0 bridgehead atoms. The number of aromatic nitrogens is 3. The van der Waals surface area contributed by atoms with E-state index in [9.17, 15) is 4.79 Å². The van der Waals surface area contributed by atoms with Crippen molar-refractivity contribution >= 4 is 33.3 Å². The highest BCUT2D eigenvalue weighted by Crippen LogP contribution is 2.21. The molecule has 122 valence electrons. The number of amides is 1.